The molecule has 0 aromatic heterocycles. The third-order valence-corrected chi connectivity index (χ3v) is 2.25. The number of rotatable bonds is 2. The van der Waals surface area contributed by atoms with Crippen LogP contribution in [0.25, 0.3) is 0 Å². The van der Waals surface area contributed by atoms with Crippen LogP contribution in [-0.2, 0) is 4.89 Å². The Bertz CT molecular complexity index is 114. The van der Waals surface area contributed by atoms with Crippen molar-refractivity contribution < 1.29 is 10.1 Å². The van der Waals surface area contributed by atoms with E-state index in [1.807, 2.05) is 0 Å². The molecular formula is C8H14O2. The van der Waals surface area contributed by atoms with Gasteiger partial charge in [-0.1, -0.05) is 25.3 Å². The van der Waals surface area contributed by atoms with Crippen LogP contribution >= 0.6 is 0 Å². The zero-order valence-corrected chi connectivity index (χ0v) is 6.18. The minimum absolute atomic E-state index is 0.418. The molecule has 0 heterocycles. The minimum atomic E-state index is -0.418. The smallest absolute Gasteiger partial charge is 0.121 e. The van der Waals surface area contributed by atoms with Crippen molar-refractivity contribution in [3.8, 4) is 0 Å². The highest BCUT2D eigenvalue weighted by molar-refractivity contribution is 4.98. The van der Waals surface area contributed by atoms with Crippen molar-refractivity contribution in [2.24, 2.45) is 0 Å². The van der Waals surface area contributed by atoms with Gasteiger partial charge in [-0.15, -0.1) is 6.58 Å². The molecule has 1 fully saturated rings. The Hall–Kier alpha value is -0.340. The molecule has 1 aliphatic rings. The van der Waals surface area contributed by atoms with Crippen molar-refractivity contribution in [1.29, 1.82) is 0 Å². The van der Waals surface area contributed by atoms with Gasteiger partial charge in [0, 0.05) is 0 Å². The lowest BCUT2D eigenvalue weighted by atomic mass is 9.85. The summed E-state index contributed by atoms with van der Waals surface area (Å²) in [5.74, 6) is 0. The fourth-order valence-electron chi connectivity index (χ4n) is 1.48. The quantitative estimate of drug-likeness (QED) is 0.364. The summed E-state index contributed by atoms with van der Waals surface area (Å²) in [6.45, 7) is 3.64. The van der Waals surface area contributed by atoms with E-state index in [4.69, 9.17) is 5.26 Å². The van der Waals surface area contributed by atoms with Crippen LogP contribution in [0.2, 0.25) is 0 Å². The Labute approximate surface area is 61.4 Å². The maximum absolute atomic E-state index is 8.57. The predicted molar refractivity (Wildman–Crippen MR) is 39.7 cm³/mol. The van der Waals surface area contributed by atoms with E-state index in [-0.39, 0.29) is 0 Å². The first kappa shape index (κ1) is 7.76. The summed E-state index contributed by atoms with van der Waals surface area (Å²) in [4.78, 5) is 4.41. The maximum atomic E-state index is 8.57. The summed E-state index contributed by atoms with van der Waals surface area (Å²) >= 11 is 0. The number of hydrogen-bond donors (Lipinski definition) is 1. The van der Waals surface area contributed by atoms with E-state index in [0.717, 1.165) is 25.7 Å². The second kappa shape index (κ2) is 3.17. The highest BCUT2D eigenvalue weighted by Gasteiger charge is 2.29. The number of hydrogen-bond acceptors (Lipinski definition) is 2. The summed E-state index contributed by atoms with van der Waals surface area (Å²) in [6.07, 6.45) is 7.05. The molecule has 1 N–H and O–H groups in total. The van der Waals surface area contributed by atoms with Crippen LogP contribution in [0.4, 0.5) is 0 Å². The highest BCUT2D eigenvalue weighted by atomic mass is 17.1. The second-order valence-corrected chi connectivity index (χ2v) is 2.92. The van der Waals surface area contributed by atoms with Crippen LogP contribution in [-0.4, -0.2) is 10.9 Å². The van der Waals surface area contributed by atoms with E-state index < -0.39 is 5.60 Å². The molecule has 2 heteroatoms. The predicted octanol–water partition coefficient (Wildman–Crippen LogP) is 2.36. The molecule has 1 rings (SSSR count). The molecule has 1 saturated carbocycles. The molecule has 0 amide bonds. The zero-order chi connectivity index (χ0) is 7.45. The van der Waals surface area contributed by atoms with E-state index in [2.05, 4.69) is 11.5 Å². The van der Waals surface area contributed by atoms with Gasteiger partial charge in [-0.3, -0.25) is 5.26 Å². The standard InChI is InChI=1S/C8H14O2/c1-2-8(10-9)6-4-3-5-7-8/h2,9H,1,3-7H2. The van der Waals surface area contributed by atoms with Crippen LogP contribution in [0, 0.1) is 0 Å². The molecule has 58 valence electrons. The fraction of sp³-hybridized carbons (Fsp3) is 0.750. The van der Waals surface area contributed by atoms with Crippen molar-refractivity contribution in [1.82, 2.24) is 0 Å². The van der Waals surface area contributed by atoms with Gasteiger partial charge >= 0.3 is 0 Å². The molecule has 0 aromatic rings. The topological polar surface area (TPSA) is 29.5 Å². The minimum Gasteiger partial charge on any atom is -0.251 e. The lowest BCUT2D eigenvalue weighted by Crippen LogP contribution is -2.31. The lowest BCUT2D eigenvalue weighted by molar-refractivity contribution is -0.314. The Morgan fingerprint density at radius 2 is 1.90 bits per heavy atom. The molecule has 2 nitrogen and oxygen atoms in total. The molecule has 0 spiro atoms. The third-order valence-electron chi connectivity index (χ3n) is 2.25. The molecular weight excluding hydrogens is 128 g/mol. The average molecular weight is 142 g/mol. The van der Waals surface area contributed by atoms with E-state index >= 15 is 0 Å². The summed E-state index contributed by atoms with van der Waals surface area (Å²) in [7, 11) is 0. The largest absolute Gasteiger partial charge is 0.251 e. The van der Waals surface area contributed by atoms with Crippen molar-refractivity contribution in [2.75, 3.05) is 0 Å². The summed E-state index contributed by atoms with van der Waals surface area (Å²) in [5.41, 5.74) is -0.418. The van der Waals surface area contributed by atoms with Crippen LogP contribution in [0.5, 0.6) is 0 Å². The van der Waals surface area contributed by atoms with Gasteiger partial charge in [0.1, 0.15) is 5.60 Å². The van der Waals surface area contributed by atoms with Crippen LogP contribution in [0.3, 0.4) is 0 Å². The van der Waals surface area contributed by atoms with Crippen LogP contribution in [0.15, 0.2) is 12.7 Å². The van der Waals surface area contributed by atoms with Crippen molar-refractivity contribution in [2.45, 2.75) is 37.7 Å². The van der Waals surface area contributed by atoms with E-state index in [9.17, 15) is 0 Å². The summed E-state index contributed by atoms with van der Waals surface area (Å²) in [5, 5.41) is 8.57. The summed E-state index contributed by atoms with van der Waals surface area (Å²) in [6, 6.07) is 0. The molecule has 0 bridgehead atoms. The van der Waals surface area contributed by atoms with Gasteiger partial charge in [0.15, 0.2) is 0 Å². The van der Waals surface area contributed by atoms with Crippen molar-refractivity contribution in [3.63, 3.8) is 0 Å². The molecule has 1 aliphatic carbocycles. The molecule has 0 aliphatic heterocycles. The molecule has 10 heavy (non-hydrogen) atoms. The van der Waals surface area contributed by atoms with Crippen LogP contribution in [0.1, 0.15) is 32.1 Å². The Morgan fingerprint density at radius 3 is 2.20 bits per heavy atom. The van der Waals surface area contributed by atoms with Gasteiger partial charge in [-0.2, -0.15) is 0 Å². The second-order valence-electron chi connectivity index (χ2n) is 2.92. The fourth-order valence-corrected chi connectivity index (χ4v) is 1.48. The van der Waals surface area contributed by atoms with E-state index in [0.29, 0.717) is 0 Å². The van der Waals surface area contributed by atoms with E-state index in [1.165, 1.54) is 6.42 Å². The van der Waals surface area contributed by atoms with Crippen LogP contribution < -0.4 is 0 Å². The Balaban J connectivity index is 2.52. The highest BCUT2D eigenvalue weighted by Crippen LogP contribution is 2.31. The van der Waals surface area contributed by atoms with E-state index in [1.54, 1.807) is 6.08 Å². The first-order chi connectivity index (χ1) is 4.83. The van der Waals surface area contributed by atoms with Gasteiger partial charge in [-0.25, -0.2) is 4.89 Å². The van der Waals surface area contributed by atoms with Gasteiger partial charge in [-0.05, 0) is 12.8 Å². The molecule has 0 radical (unpaired) electrons. The average Bonchev–Trinajstić information content (AvgIpc) is 2.06. The molecule has 0 saturated heterocycles. The monoisotopic (exact) mass is 142 g/mol. The lowest BCUT2D eigenvalue weighted by Gasteiger charge is -2.30. The molecule has 0 unspecified atom stereocenters. The SMILES string of the molecule is C=CC1(OO)CCCCC1. The normalized spacial score (nSPS) is 24.1. The van der Waals surface area contributed by atoms with Gasteiger partial charge in [0.25, 0.3) is 0 Å². The van der Waals surface area contributed by atoms with Crippen molar-refractivity contribution in [3.05, 3.63) is 12.7 Å². The molecule has 0 atom stereocenters. The summed E-state index contributed by atoms with van der Waals surface area (Å²) < 4.78 is 0. The Morgan fingerprint density at radius 1 is 1.30 bits per heavy atom. The first-order valence-electron chi connectivity index (χ1n) is 3.79. The Kier molecular flexibility index (Phi) is 2.46. The maximum Gasteiger partial charge on any atom is 0.121 e. The molecule has 0 aromatic carbocycles. The van der Waals surface area contributed by atoms with Gasteiger partial charge < -0.3 is 0 Å². The zero-order valence-electron chi connectivity index (χ0n) is 6.18. The van der Waals surface area contributed by atoms with Crippen molar-refractivity contribution >= 4 is 0 Å². The first-order valence-corrected chi connectivity index (χ1v) is 3.79. The van der Waals surface area contributed by atoms with Gasteiger partial charge in [0.2, 0.25) is 0 Å². The van der Waals surface area contributed by atoms with Gasteiger partial charge in [0.05, 0.1) is 0 Å². The third kappa shape index (κ3) is 1.39.